The van der Waals surface area contributed by atoms with Gasteiger partial charge < -0.3 is 15.7 Å². The minimum atomic E-state index is -0.956. The Kier molecular flexibility index (Phi) is 5.16. The first-order chi connectivity index (χ1) is 8.49. The van der Waals surface area contributed by atoms with E-state index in [1.54, 1.807) is 0 Å². The second-order valence-electron chi connectivity index (χ2n) is 4.43. The Balaban J connectivity index is 2.89. The molecule has 0 amide bonds. The number of rotatable bonds is 6. The van der Waals surface area contributed by atoms with Crippen molar-refractivity contribution in [3.05, 3.63) is 29.3 Å². The van der Waals surface area contributed by atoms with Gasteiger partial charge in [-0.25, -0.2) is 0 Å². The molecule has 1 unspecified atom stereocenters. The van der Waals surface area contributed by atoms with Gasteiger partial charge >= 0.3 is 5.97 Å². The zero-order chi connectivity index (χ0) is 13.7. The van der Waals surface area contributed by atoms with Crippen LogP contribution in [0.15, 0.2) is 18.2 Å². The molecule has 1 aromatic rings. The van der Waals surface area contributed by atoms with Crippen molar-refractivity contribution in [2.45, 2.75) is 33.2 Å². The van der Waals surface area contributed by atoms with Gasteiger partial charge in [-0.05, 0) is 50.5 Å². The summed E-state index contributed by atoms with van der Waals surface area (Å²) < 4.78 is 0. The van der Waals surface area contributed by atoms with Crippen LogP contribution >= 0.6 is 0 Å². The van der Waals surface area contributed by atoms with E-state index in [1.807, 2.05) is 19.1 Å². The maximum Gasteiger partial charge on any atom is 0.320 e. The second-order valence-corrected chi connectivity index (χ2v) is 4.43. The number of carboxylic acids is 1. The number of hydrogen-bond donors (Lipinski definition) is 2. The predicted molar refractivity (Wildman–Crippen MR) is 74.1 cm³/mol. The molecule has 0 heterocycles. The van der Waals surface area contributed by atoms with Gasteiger partial charge in [0.2, 0.25) is 0 Å². The van der Waals surface area contributed by atoms with E-state index in [9.17, 15) is 4.79 Å². The Bertz CT molecular complexity index is 414. The van der Waals surface area contributed by atoms with Crippen molar-refractivity contribution in [1.29, 1.82) is 0 Å². The third-order valence-corrected chi connectivity index (χ3v) is 3.21. The van der Waals surface area contributed by atoms with Crippen LogP contribution in [0.3, 0.4) is 0 Å². The third-order valence-electron chi connectivity index (χ3n) is 3.21. The Morgan fingerprint density at radius 1 is 1.39 bits per heavy atom. The summed E-state index contributed by atoms with van der Waals surface area (Å²) >= 11 is 0. The van der Waals surface area contributed by atoms with E-state index in [0.717, 1.165) is 24.2 Å². The summed E-state index contributed by atoms with van der Waals surface area (Å²) in [6.45, 7) is 8.16. The molecule has 3 N–H and O–H groups in total. The minimum Gasteiger partial charge on any atom is -0.480 e. The number of hydrogen-bond acceptors (Lipinski definition) is 3. The van der Waals surface area contributed by atoms with Crippen molar-refractivity contribution in [3.8, 4) is 0 Å². The second kappa shape index (κ2) is 6.40. The average Bonchev–Trinajstić information content (AvgIpc) is 2.33. The highest BCUT2D eigenvalue weighted by molar-refractivity contribution is 5.73. The molecule has 0 saturated heterocycles. The molecule has 0 aromatic heterocycles. The fourth-order valence-electron chi connectivity index (χ4n) is 2.02. The maximum absolute atomic E-state index is 10.7. The minimum absolute atomic E-state index is 0.375. The number of anilines is 1. The largest absolute Gasteiger partial charge is 0.480 e. The predicted octanol–water partition coefficient (Wildman–Crippen LogP) is 1.80. The number of nitrogens with two attached hydrogens (primary N) is 1. The fraction of sp³-hybridized carbons (Fsp3) is 0.500. The van der Waals surface area contributed by atoms with Crippen LogP contribution in [-0.4, -0.2) is 30.2 Å². The van der Waals surface area contributed by atoms with E-state index in [-0.39, 0.29) is 0 Å². The van der Waals surface area contributed by atoms with Crippen molar-refractivity contribution in [2.24, 2.45) is 5.73 Å². The van der Waals surface area contributed by atoms with E-state index in [0.29, 0.717) is 6.42 Å². The van der Waals surface area contributed by atoms with Crippen LogP contribution in [0.1, 0.15) is 25.0 Å². The molecule has 1 atom stereocenters. The van der Waals surface area contributed by atoms with Gasteiger partial charge in [-0.2, -0.15) is 0 Å². The molecule has 0 spiro atoms. The van der Waals surface area contributed by atoms with Gasteiger partial charge in [0.05, 0.1) is 0 Å². The molecule has 0 radical (unpaired) electrons. The van der Waals surface area contributed by atoms with Gasteiger partial charge in [0.1, 0.15) is 6.04 Å². The van der Waals surface area contributed by atoms with Crippen LogP contribution < -0.4 is 10.6 Å². The molecule has 0 fully saturated rings. The van der Waals surface area contributed by atoms with Crippen LogP contribution in [0, 0.1) is 6.92 Å². The van der Waals surface area contributed by atoms with Gasteiger partial charge in [0.15, 0.2) is 0 Å². The van der Waals surface area contributed by atoms with Crippen LogP contribution in [0.5, 0.6) is 0 Å². The lowest BCUT2D eigenvalue weighted by Gasteiger charge is -2.22. The Morgan fingerprint density at radius 2 is 2.00 bits per heavy atom. The van der Waals surface area contributed by atoms with Crippen LogP contribution in [0.2, 0.25) is 0 Å². The van der Waals surface area contributed by atoms with Crippen molar-refractivity contribution in [1.82, 2.24) is 0 Å². The molecular weight excluding hydrogens is 228 g/mol. The van der Waals surface area contributed by atoms with Gasteiger partial charge in [-0.1, -0.05) is 6.07 Å². The molecule has 0 saturated carbocycles. The monoisotopic (exact) mass is 250 g/mol. The van der Waals surface area contributed by atoms with Crippen LogP contribution in [0.4, 0.5) is 5.69 Å². The summed E-state index contributed by atoms with van der Waals surface area (Å²) in [7, 11) is 0. The number of nitrogens with zero attached hydrogens (tertiary/aromatic N) is 1. The van der Waals surface area contributed by atoms with Crippen molar-refractivity contribution < 1.29 is 9.90 Å². The smallest absolute Gasteiger partial charge is 0.320 e. The number of aliphatic carboxylic acids is 1. The molecular formula is C14H22N2O2. The average molecular weight is 250 g/mol. The van der Waals surface area contributed by atoms with Gasteiger partial charge in [0, 0.05) is 18.8 Å². The molecule has 18 heavy (non-hydrogen) atoms. The number of carboxylic acid groups (broad SMARTS) is 1. The van der Waals surface area contributed by atoms with Crippen molar-refractivity contribution >= 4 is 11.7 Å². The van der Waals surface area contributed by atoms with E-state index in [1.165, 1.54) is 5.69 Å². The highest BCUT2D eigenvalue weighted by Crippen LogP contribution is 2.20. The lowest BCUT2D eigenvalue weighted by atomic mass is 10.0. The number of carbonyl (C=O) groups is 1. The van der Waals surface area contributed by atoms with Gasteiger partial charge in [-0.3, -0.25) is 4.79 Å². The van der Waals surface area contributed by atoms with Gasteiger partial charge in [0.25, 0.3) is 0 Å². The van der Waals surface area contributed by atoms with Crippen molar-refractivity contribution in [2.75, 3.05) is 18.0 Å². The summed E-state index contributed by atoms with van der Waals surface area (Å²) in [4.78, 5) is 13.0. The van der Waals surface area contributed by atoms with Gasteiger partial charge in [-0.15, -0.1) is 0 Å². The summed E-state index contributed by atoms with van der Waals surface area (Å²) in [5.41, 5.74) is 8.82. The maximum atomic E-state index is 10.7. The summed E-state index contributed by atoms with van der Waals surface area (Å²) in [6.07, 6.45) is 0.375. The Morgan fingerprint density at radius 3 is 2.44 bits per heavy atom. The first kappa shape index (κ1) is 14.5. The molecule has 0 aliphatic rings. The zero-order valence-corrected chi connectivity index (χ0v) is 11.3. The molecule has 0 bridgehead atoms. The molecule has 1 aromatic carbocycles. The number of aryl methyl sites for hydroxylation is 1. The highest BCUT2D eigenvalue weighted by atomic mass is 16.4. The highest BCUT2D eigenvalue weighted by Gasteiger charge is 2.14. The van der Waals surface area contributed by atoms with E-state index in [4.69, 9.17) is 10.8 Å². The normalized spacial score (nSPS) is 12.2. The summed E-state index contributed by atoms with van der Waals surface area (Å²) in [6, 6.07) is 5.27. The Hall–Kier alpha value is -1.55. The summed E-state index contributed by atoms with van der Waals surface area (Å²) in [5, 5.41) is 8.82. The lowest BCUT2D eigenvalue weighted by molar-refractivity contribution is -0.138. The first-order valence-electron chi connectivity index (χ1n) is 6.32. The SMILES string of the molecule is CCN(CC)c1ccc(CC(N)C(=O)O)c(C)c1. The van der Waals surface area contributed by atoms with Crippen molar-refractivity contribution in [3.63, 3.8) is 0 Å². The topological polar surface area (TPSA) is 66.6 Å². The zero-order valence-electron chi connectivity index (χ0n) is 11.3. The van der Waals surface area contributed by atoms with Crippen LogP contribution in [0.25, 0.3) is 0 Å². The van der Waals surface area contributed by atoms with E-state index >= 15 is 0 Å². The molecule has 4 nitrogen and oxygen atoms in total. The molecule has 0 aliphatic carbocycles. The fourth-order valence-corrected chi connectivity index (χ4v) is 2.02. The molecule has 0 aliphatic heterocycles. The first-order valence-corrected chi connectivity index (χ1v) is 6.32. The quantitative estimate of drug-likeness (QED) is 0.808. The molecule has 1 rings (SSSR count). The van der Waals surface area contributed by atoms with E-state index < -0.39 is 12.0 Å². The van der Waals surface area contributed by atoms with Crippen LogP contribution in [-0.2, 0) is 11.2 Å². The third kappa shape index (κ3) is 3.47. The Labute approximate surface area is 108 Å². The van der Waals surface area contributed by atoms with E-state index in [2.05, 4.69) is 24.8 Å². The molecule has 4 heteroatoms. The summed E-state index contributed by atoms with van der Waals surface area (Å²) in [5.74, 6) is -0.956. The lowest BCUT2D eigenvalue weighted by Crippen LogP contribution is -2.32. The molecule has 100 valence electrons. The standard InChI is InChI=1S/C14H22N2O2/c1-4-16(5-2)12-7-6-11(10(3)8-12)9-13(15)14(17)18/h6-8,13H,4-5,9,15H2,1-3H3,(H,17,18). The number of benzene rings is 1.